The van der Waals surface area contributed by atoms with Gasteiger partial charge < -0.3 is 46.4 Å². The molecule has 5 nitrogen and oxygen atoms in total. The maximum absolute atomic E-state index is 5.11. The minimum atomic E-state index is 0. The Balaban J connectivity index is 0.00000180. The van der Waals surface area contributed by atoms with Crippen LogP contribution in [0.5, 0.6) is 0 Å². The molecule has 0 N–H and O–H groups in total. The number of unbranched alkanes of at least 4 members (excludes halogenated alkanes) is 4. The van der Waals surface area contributed by atoms with E-state index in [2.05, 4.69) is 89.7 Å². The molecule has 0 bridgehead atoms. The zero-order valence-electron chi connectivity index (χ0n) is 21.8. The summed E-state index contributed by atoms with van der Waals surface area (Å²) in [7, 11) is 0. The second-order valence-electron chi connectivity index (χ2n) is 8.97. The third kappa shape index (κ3) is 7.14. The molecule has 5 aromatic rings. The van der Waals surface area contributed by atoms with Gasteiger partial charge in [0.1, 0.15) is 11.4 Å². The van der Waals surface area contributed by atoms with E-state index in [-0.39, 0.29) is 55.8 Å². The molecule has 0 aliphatic rings. The molecule has 2 aromatic carbocycles. The van der Waals surface area contributed by atoms with Crippen molar-refractivity contribution in [2.24, 2.45) is 0 Å². The Bertz CT molecular complexity index is 1310. The average Bonchev–Trinajstić information content (AvgIpc) is 3.43. The molecule has 9 heteroatoms. The SMILES string of the molecule is CCCCCn1c(-c2cccc(-c3nc4ccccc4n3CCCCC)n2)nc2ccccc21.[Cl-].[Cl-].[Cl-].[V+3]. The van der Waals surface area contributed by atoms with Crippen molar-refractivity contribution in [1.82, 2.24) is 24.1 Å². The fourth-order valence-electron chi connectivity index (χ4n) is 4.72. The van der Waals surface area contributed by atoms with Gasteiger partial charge in [0.15, 0.2) is 11.6 Å². The fraction of sp³-hybridized carbons (Fsp3) is 0.345. The number of benzene rings is 2. The zero-order valence-corrected chi connectivity index (χ0v) is 25.5. The van der Waals surface area contributed by atoms with E-state index in [1.807, 2.05) is 0 Å². The van der Waals surface area contributed by atoms with E-state index in [4.69, 9.17) is 15.0 Å². The molecule has 38 heavy (non-hydrogen) atoms. The van der Waals surface area contributed by atoms with Gasteiger partial charge in [0, 0.05) is 13.1 Å². The van der Waals surface area contributed by atoms with Crippen molar-refractivity contribution in [3.8, 4) is 23.0 Å². The summed E-state index contributed by atoms with van der Waals surface area (Å²) in [4.78, 5) is 15.1. The van der Waals surface area contributed by atoms with Crippen LogP contribution in [0.4, 0.5) is 0 Å². The molecule has 5 rings (SSSR count). The number of imidazole rings is 2. The van der Waals surface area contributed by atoms with Gasteiger partial charge >= 0.3 is 18.6 Å². The van der Waals surface area contributed by atoms with E-state index in [9.17, 15) is 0 Å². The van der Waals surface area contributed by atoms with E-state index in [0.29, 0.717) is 0 Å². The molecule has 0 aliphatic heterocycles. The zero-order chi connectivity index (χ0) is 23.3. The Morgan fingerprint density at radius 1 is 0.526 bits per heavy atom. The summed E-state index contributed by atoms with van der Waals surface area (Å²) in [6.07, 6.45) is 7.09. The molecule has 0 saturated carbocycles. The van der Waals surface area contributed by atoms with Crippen LogP contribution in [0.1, 0.15) is 52.4 Å². The summed E-state index contributed by atoms with van der Waals surface area (Å²) < 4.78 is 4.67. The Labute approximate surface area is 256 Å². The summed E-state index contributed by atoms with van der Waals surface area (Å²) in [6, 6.07) is 23.0. The molecule has 3 aromatic heterocycles. The summed E-state index contributed by atoms with van der Waals surface area (Å²) >= 11 is 0. The number of hydrogen-bond acceptors (Lipinski definition) is 3. The molecular formula is C29H33Cl3N5V. The van der Waals surface area contributed by atoms with Gasteiger partial charge in [-0.2, -0.15) is 0 Å². The van der Waals surface area contributed by atoms with Crippen molar-refractivity contribution in [3.63, 3.8) is 0 Å². The van der Waals surface area contributed by atoms with Crippen LogP contribution in [0, 0.1) is 0 Å². The van der Waals surface area contributed by atoms with Gasteiger partial charge in [0.25, 0.3) is 0 Å². The second kappa shape index (κ2) is 16.2. The van der Waals surface area contributed by atoms with Crippen molar-refractivity contribution in [3.05, 3.63) is 66.7 Å². The van der Waals surface area contributed by atoms with E-state index >= 15 is 0 Å². The fourth-order valence-corrected chi connectivity index (χ4v) is 4.72. The van der Waals surface area contributed by atoms with Crippen LogP contribution in [0.15, 0.2) is 66.7 Å². The van der Waals surface area contributed by atoms with Crippen LogP contribution in [0.3, 0.4) is 0 Å². The van der Waals surface area contributed by atoms with Gasteiger partial charge in [-0.3, -0.25) is 0 Å². The molecule has 3 heterocycles. The van der Waals surface area contributed by atoms with Gasteiger partial charge in [-0.05, 0) is 49.2 Å². The molecular weight excluding hydrogens is 576 g/mol. The maximum atomic E-state index is 5.11. The Morgan fingerprint density at radius 2 is 0.947 bits per heavy atom. The van der Waals surface area contributed by atoms with E-state index in [1.165, 1.54) is 36.7 Å². The quantitative estimate of drug-likeness (QED) is 0.182. The standard InChI is InChI=1S/C29H33N5.3ClH.V/c1-3-5-11-20-33-26-18-9-7-14-22(26)31-28(33)24-16-13-17-25(30-24)29-32-23-15-8-10-19-27(23)34(29)21-12-6-4-2;;;;/h7-10,13-19H,3-6,11-12,20-21H2,1-2H3;3*1H;/q;;;;+3/p-3. The Kier molecular flexibility index (Phi) is 14.5. The minimum absolute atomic E-state index is 0. The first-order valence-corrected chi connectivity index (χ1v) is 12.7. The van der Waals surface area contributed by atoms with Crippen molar-refractivity contribution < 1.29 is 55.8 Å². The Morgan fingerprint density at radius 3 is 1.37 bits per heavy atom. The van der Waals surface area contributed by atoms with E-state index in [0.717, 1.165) is 60.0 Å². The smallest absolute Gasteiger partial charge is 1.00 e. The molecule has 0 saturated heterocycles. The molecule has 0 spiro atoms. The van der Waals surface area contributed by atoms with Gasteiger partial charge in [0.05, 0.1) is 22.1 Å². The second-order valence-corrected chi connectivity index (χ2v) is 8.97. The largest absolute Gasteiger partial charge is 3.00 e. The minimum Gasteiger partial charge on any atom is -1.00 e. The summed E-state index contributed by atoms with van der Waals surface area (Å²) in [5.41, 5.74) is 6.19. The summed E-state index contributed by atoms with van der Waals surface area (Å²) in [6.45, 7) is 6.38. The average molecular weight is 609 g/mol. The molecule has 200 valence electrons. The van der Waals surface area contributed by atoms with Crippen LogP contribution >= 0.6 is 0 Å². The number of aryl methyl sites for hydroxylation is 2. The number of aromatic nitrogens is 5. The van der Waals surface area contributed by atoms with Crippen molar-refractivity contribution >= 4 is 22.1 Å². The van der Waals surface area contributed by atoms with E-state index < -0.39 is 0 Å². The molecule has 0 aliphatic carbocycles. The first kappa shape index (κ1) is 34.0. The van der Waals surface area contributed by atoms with Crippen LogP contribution in [0.25, 0.3) is 45.1 Å². The van der Waals surface area contributed by atoms with Gasteiger partial charge in [-0.25, -0.2) is 15.0 Å². The number of fused-ring (bicyclic) bond motifs is 2. The van der Waals surface area contributed by atoms with Crippen molar-refractivity contribution in [1.29, 1.82) is 0 Å². The topological polar surface area (TPSA) is 48.5 Å². The Hall–Kier alpha value is -2.02. The number of hydrogen-bond donors (Lipinski definition) is 0. The van der Waals surface area contributed by atoms with E-state index in [1.54, 1.807) is 0 Å². The molecule has 0 unspecified atom stereocenters. The number of rotatable bonds is 10. The van der Waals surface area contributed by atoms with Gasteiger partial charge in [-0.15, -0.1) is 0 Å². The van der Waals surface area contributed by atoms with Crippen LogP contribution < -0.4 is 37.2 Å². The third-order valence-electron chi connectivity index (χ3n) is 6.49. The molecule has 0 atom stereocenters. The number of para-hydroxylation sites is 4. The predicted octanol–water partition coefficient (Wildman–Crippen LogP) is -1.50. The number of halogens is 3. The van der Waals surface area contributed by atoms with Gasteiger partial charge in [-0.1, -0.05) is 69.9 Å². The monoisotopic (exact) mass is 607 g/mol. The van der Waals surface area contributed by atoms with Crippen LogP contribution in [0.2, 0.25) is 0 Å². The first-order chi connectivity index (χ1) is 16.8. The molecule has 0 fully saturated rings. The normalized spacial score (nSPS) is 10.4. The van der Waals surface area contributed by atoms with Crippen LogP contribution in [-0.4, -0.2) is 24.1 Å². The summed E-state index contributed by atoms with van der Waals surface area (Å²) in [5.74, 6) is 1.88. The van der Waals surface area contributed by atoms with Crippen LogP contribution in [-0.2, 0) is 31.6 Å². The predicted molar refractivity (Wildman–Crippen MR) is 141 cm³/mol. The molecule has 0 radical (unpaired) electrons. The molecule has 0 amide bonds. The maximum Gasteiger partial charge on any atom is 3.00 e. The first-order valence-electron chi connectivity index (χ1n) is 12.7. The van der Waals surface area contributed by atoms with Crippen molar-refractivity contribution in [2.75, 3.05) is 0 Å². The van der Waals surface area contributed by atoms with Gasteiger partial charge in [0.2, 0.25) is 0 Å². The third-order valence-corrected chi connectivity index (χ3v) is 6.49. The number of nitrogens with zero attached hydrogens (tertiary/aromatic N) is 5. The van der Waals surface area contributed by atoms with Crippen molar-refractivity contribution in [2.45, 2.75) is 65.5 Å². The summed E-state index contributed by atoms with van der Waals surface area (Å²) in [5, 5.41) is 0. The number of pyridine rings is 1.